The molecule has 18 heavy (non-hydrogen) atoms. The molecule has 6 nitrogen and oxygen atoms in total. The van der Waals surface area contributed by atoms with E-state index in [0.29, 0.717) is 0 Å². The van der Waals surface area contributed by atoms with Gasteiger partial charge in [0.2, 0.25) is 0 Å². The topological polar surface area (TPSA) is 89.7 Å². The van der Waals surface area contributed by atoms with Gasteiger partial charge in [-0.2, -0.15) is 0 Å². The molecular formula is C12H11NO5. The summed E-state index contributed by atoms with van der Waals surface area (Å²) in [6, 6.07) is 3.87. The Kier molecular flexibility index (Phi) is 4.62. The summed E-state index contributed by atoms with van der Waals surface area (Å²) in [7, 11) is 0. The number of nitro benzene ring substituents is 1. The van der Waals surface area contributed by atoms with Crippen molar-refractivity contribution in [2.45, 2.75) is 0 Å². The van der Waals surface area contributed by atoms with Gasteiger partial charge >= 0.3 is 5.97 Å². The molecule has 1 N–H and O–H groups in total. The maximum absolute atomic E-state index is 11.0. The number of ether oxygens (including phenoxy) is 1. The van der Waals surface area contributed by atoms with Crippen molar-refractivity contribution in [3.05, 3.63) is 58.7 Å². The van der Waals surface area contributed by atoms with Gasteiger partial charge in [0.15, 0.2) is 5.56 Å². The number of carbonyl (C=O) groups is 1. The van der Waals surface area contributed by atoms with Gasteiger partial charge in [-0.25, -0.2) is 4.79 Å². The number of nitro groups is 1. The minimum absolute atomic E-state index is 0.0367. The van der Waals surface area contributed by atoms with E-state index >= 15 is 0 Å². The molecule has 1 aromatic carbocycles. The van der Waals surface area contributed by atoms with Crippen LogP contribution in [0.25, 0.3) is 0 Å². The fourth-order valence-electron chi connectivity index (χ4n) is 1.30. The first kappa shape index (κ1) is 13.4. The SMILES string of the molecule is C=C/C=C/COc1cccc([N+](=O)[O-])c1C(=O)O. The molecule has 6 heteroatoms. The van der Waals surface area contributed by atoms with Crippen molar-refractivity contribution in [2.24, 2.45) is 0 Å². The van der Waals surface area contributed by atoms with E-state index in [1.807, 2.05) is 0 Å². The molecule has 1 rings (SSSR count). The van der Waals surface area contributed by atoms with Crippen molar-refractivity contribution in [3.8, 4) is 5.75 Å². The maximum Gasteiger partial charge on any atom is 0.346 e. The van der Waals surface area contributed by atoms with Gasteiger partial charge < -0.3 is 9.84 Å². The molecule has 0 fully saturated rings. The normalized spacial score (nSPS) is 10.2. The van der Waals surface area contributed by atoms with E-state index in [4.69, 9.17) is 9.84 Å². The van der Waals surface area contributed by atoms with Gasteiger partial charge in [-0.15, -0.1) is 0 Å². The Hall–Kier alpha value is -2.63. The fraction of sp³-hybridized carbons (Fsp3) is 0.0833. The second-order valence-corrected chi connectivity index (χ2v) is 3.19. The van der Waals surface area contributed by atoms with Gasteiger partial charge in [-0.05, 0) is 12.1 Å². The molecule has 94 valence electrons. The number of hydrogen-bond donors (Lipinski definition) is 1. The zero-order valence-electron chi connectivity index (χ0n) is 9.41. The first-order chi connectivity index (χ1) is 8.57. The van der Waals surface area contributed by atoms with E-state index in [2.05, 4.69) is 6.58 Å². The van der Waals surface area contributed by atoms with Crippen LogP contribution in [0.3, 0.4) is 0 Å². The van der Waals surface area contributed by atoms with Crippen LogP contribution in [-0.4, -0.2) is 22.6 Å². The van der Waals surface area contributed by atoms with Gasteiger partial charge in [0.05, 0.1) is 4.92 Å². The Morgan fingerprint density at radius 2 is 2.28 bits per heavy atom. The summed E-state index contributed by atoms with van der Waals surface area (Å²) < 4.78 is 5.17. The summed E-state index contributed by atoms with van der Waals surface area (Å²) >= 11 is 0. The lowest BCUT2D eigenvalue weighted by molar-refractivity contribution is -0.385. The van der Waals surface area contributed by atoms with Crippen molar-refractivity contribution in [2.75, 3.05) is 6.61 Å². The molecule has 0 saturated carbocycles. The molecule has 0 aliphatic rings. The third-order valence-corrected chi connectivity index (χ3v) is 2.02. The molecule has 0 unspecified atom stereocenters. The molecule has 0 spiro atoms. The molecule has 0 saturated heterocycles. The molecule has 0 aliphatic heterocycles. The molecule has 0 aromatic heterocycles. The highest BCUT2D eigenvalue weighted by atomic mass is 16.6. The van der Waals surface area contributed by atoms with Crippen LogP contribution in [-0.2, 0) is 0 Å². The number of nitrogens with zero attached hydrogens (tertiary/aromatic N) is 1. The second-order valence-electron chi connectivity index (χ2n) is 3.19. The zero-order chi connectivity index (χ0) is 13.5. The first-order valence-corrected chi connectivity index (χ1v) is 4.99. The van der Waals surface area contributed by atoms with Crippen LogP contribution in [0, 0.1) is 10.1 Å². The number of allylic oxidation sites excluding steroid dienone is 2. The summed E-state index contributed by atoms with van der Waals surface area (Å²) in [5, 5.41) is 19.7. The number of carboxylic acid groups (broad SMARTS) is 1. The highest BCUT2D eigenvalue weighted by Gasteiger charge is 2.24. The first-order valence-electron chi connectivity index (χ1n) is 4.99. The predicted octanol–water partition coefficient (Wildman–Crippen LogP) is 2.41. The summed E-state index contributed by atoms with van der Waals surface area (Å²) in [4.78, 5) is 21.0. The quantitative estimate of drug-likeness (QED) is 0.475. The van der Waals surface area contributed by atoms with Gasteiger partial charge in [-0.1, -0.05) is 24.8 Å². The minimum Gasteiger partial charge on any atom is -0.488 e. The average Bonchev–Trinajstić information content (AvgIpc) is 2.33. The minimum atomic E-state index is -1.40. The molecule has 0 aliphatic carbocycles. The monoisotopic (exact) mass is 249 g/mol. The van der Waals surface area contributed by atoms with E-state index in [1.165, 1.54) is 18.2 Å². The molecule has 0 bridgehead atoms. The molecule has 1 aromatic rings. The third-order valence-electron chi connectivity index (χ3n) is 2.02. The summed E-state index contributed by atoms with van der Waals surface area (Å²) in [5.41, 5.74) is -0.942. The van der Waals surface area contributed by atoms with E-state index in [0.717, 1.165) is 6.07 Å². The largest absolute Gasteiger partial charge is 0.488 e. The molecule has 0 radical (unpaired) electrons. The van der Waals surface area contributed by atoms with Gasteiger partial charge in [-0.3, -0.25) is 10.1 Å². The number of aromatic carboxylic acids is 1. The van der Waals surface area contributed by atoms with E-state index in [9.17, 15) is 14.9 Å². The smallest absolute Gasteiger partial charge is 0.346 e. The lowest BCUT2D eigenvalue weighted by Crippen LogP contribution is -2.07. The number of carboxylic acids is 1. The number of hydrogen-bond acceptors (Lipinski definition) is 4. The Morgan fingerprint density at radius 1 is 1.56 bits per heavy atom. The maximum atomic E-state index is 11.0. The Balaban J connectivity index is 3.07. The summed E-state index contributed by atoms with van der Waals surface area (Å²) in [6.07, 6.45) is 4.77. The van der Waals surface area contributed by atoms with Crippen LogP contribution < -0.4 is 4.74 Å². The van der Waals surface area contributed by atoms with Gasteiger partial charge in [0.25, 0.3) is 5.69 Å². The Bertz CT molecular complexity index is 507. The number of rotatable bonds is 6. The van der Waals surface area contributed by atoms with Crippen LogP contribution >= 0.6 is 0 Å². The molecule has 0 heterocycles. The van der Waals surface area contributed by atoms with E-state index in [-0.39, 0.29) is 12.4 Å². The van der Waals surface area contributed by atoms with Crippen molar-refractivity contribution < 1.29 is 19.6 Å². The lowest BCUT2D eigenvalue weighted by atomic mass is 10.1. The molecular weight excluding hydrogens is 238 g/mol. The predicted molar refractivity (Wildman–Crippen MR) is 64.9 cm³/mol. The molecule has 0 atom stereocenters. The zero-order valence-corrected chi connectivity index (χ0v) is 9.41. The standard InChI is InChI=1S/C12H11NO5/c1-2-3-4-8-18-10-7-5-6-9(13(16)17)11(10)12(14)15/h2-7H,1,8H2,(H,14,15)/b4-3+. The van der Waals surface area contributed by atoms with Crippen LogP contribution in [0.5, 0.6) is 5.75 Å². The second kappa shape index (κ2) is 6.19. The van der Waals surface area contributed by atoms with Gasteiger partial charge in [0, 0.05) is 6.07 Å². The Morgan fingerprint density at radius 3 is 2.83 bits per heavy atom. The fourth-order valence-corrected chi connectivity index (χ4v) is 1.30. The van der Waals surface area contributed by atoms with E-state index < -0.39 is 22.1 Å². The van der Waals surface area contributed by atoms with Crippen LogP contribution in [0.4, 0.5) is 5.69 Å². The summed E-state index contributed by atoms with van der Waals surface area (Å²) in [6.45, 7) is 3.57. The third kappa shape index (κ3) is 3.18. The van der Waals surface area contributed by atoms with Crippen molar-refractivity contribution in [1.82, 2.24) is 0 Å². The van der Waals surface area contributed by atoms with Crippen molar-refractivity contribution in [3.63, 3.8) is 0 Å². The number of benzene rings is 1. The average molecular weight is 249 g/mol. The lowest BCUT2D eigenvalue weighted by Gasteiger charge is -2.07. The van der Waals surface area contributed by atoms with Crippen LogP contribution in [0.1, 0.15) is 10.4 Å². The summed E-state index contributed by atoms with van der Waals surface area (Å²) in [5.74, 6) is -1.43. The van der Waals surface area contributed by atoms with Crippen LogP contribution in [0.15, 0.2) is 43.0 Å². The van der Waals surface area contributed by atoms with Crippen LogP contribution in [0.2, 0.25) is 0 Å². The van der Waals surface area contributed by atoms with Crippen molar-refractivity contribution in [1.29, 1.82) is 0 Å². The molecule has 0 amide bonds. The van der Waals surface area contributed by atoms with Gasteiger partial charge in [0.1, 0.15) is 12.4 Å². The Labute approximate surface area is 103 Å². The highest BCUT2D eigenvalue weighted by Crippen LogP contribution is 2.28. The van der Waals surface area contributed by atoms with Crippen molar-refractivity contribution >= 4 is 11.7 Å². The van der Waals surface area contributed by atoms with E-state index in [1.54, 1.807) is 12.2 Å². The highest BCUT2D eigenvalue weighted by molar-refractivity contribution is 5.95.